The molecule has 0 fully saturated rings. The van der Waals surface area contributed by atoms with Crippen LogP contribution in [0.1, 0.15) is 36.7 Å². The van der Waals surface area contributed by atoms with Crippen molar-refractivity contribution in [3.8, 4) is 11.8 Å². The molecule has 2 nitrogen and oxygen atoms in total. The lowest BCUT2D eigenvalue weighted by Crippen LogP contribution is -1.94. The van der Waals surface area contributed by atoms with Crippen molar-refractivity contribution in [1.29, 1.82) is 0 Å². The van der Waals surface area contributed by atoms with Gasteiger partial charge in [0.2, 0.25) is 0 Å². The fourth-order valence-corrected chi connectivity index (χ4v) is 1.69. The minimum Gasteiger partial charge on any atom is -0.327 e. The molecule has 0 saturated heterocycles. The molecule has 0 atom stereocenters. The molecule has 1 aromatic heterocycles. The molecule has 0 bridgehead atoms. The highest BCUT2D eigenvalue weighted by Crippen LogP contribution is 2.18. The molecule has 0 radical (unpaired) electrons. The van der Waals surface area contributed by atoms with E-state index in [1.165, 1.54) is 6.07 Å². The zero-order valence-electron chi connectivity index (χ0n) is 10.7. The first kappa shape index (κ1) is 12.4. The zero-order chi connectivity index (χ0) is 13.1. The molecule has 1 aromatic carbocycles. The second-order valence-corrected chi connectivity index (χ2v) is 4.50. The van der Waals surface area contributed by atoms with Crippen LogP contribution in [0.4, 0.5) is 4.39 Å². The summed E-state index contributed by atoms with van der Waals surface area (Å²) in [4.78, 5) is 4.09. The SMILES string of the molecule is CC(C)c1ccc(C#Cc2nccn2C)cc1F. The van der Waals surface area contributed by atoms with E-state index in [2.05, 4.69) is 16.8 Å². The Bertz CT molecular complexity index is 615. The number of aryl methyl sites for hydroxylation is 1. The van der Waals surface area contributed by atoms with Gasteiger partial charge in [-0.1, -0.05) is 25.8 Å². The Kier molecular flexibility index (Phi) is 3.47. The van der Waals surface area contributed by atoms with E-state index in [0.717, 1.165) is 5.56 Å². The van der Waals surface area contributed by atoms with Crippen LogP contribution < -0.4 is 0 Å². The first-order valence-corrected chi connectivity index (χ1v) is 5.86. The van der Waals surface area contributed by atoms with Gasteiger partial charge in [0.1, 0.15) is 5.82 Å². The summed E-state index contributed by atoms with van der Waals surface area (Å²) in [5.74, 6) is 6.50. The molecule has 18 heavy (non-hydrogen) atoms. The van der Waals surface area contributed by atoms with Crippen molar-refractivity contribution < 1.29 is 4.39 Å². The van der Waals surface area contributed by atoms with Crippen LogP contribution in [0.15, 0.2) is 30.6 Å². The van der Waals surface area contributed by atoms with Gasteiger partial charge in [0.25, 0.3) is 0 Å². The standard InChI is InChI=1S/C15H15FN2/c1-11(2)13-6-4-12(10-14(13)16)5-7-15-17-8-9-18(15)3/h4,6,8-11H,1-3H3. The van der Waals surface area contributed by atoms with E-state index in [0.29, 0.717) is 11.4 Å². The second kappa shape index (κ2) is 5.05. The molecule has 0 amide bonds. The summed E-state index contributed by atoms with van der Waals surface area (Å²) in [6, 6.07) is 5.11. The van der Waals surface area contributed by atoms with Crippen LogP contribution in [-0.4, -0.2) is 9.55 Å². The van der Waals surface area contributed by atoms with E-state index in [1.54, 1.807) is 12.3 Å². The van der Waals surface area contributed by atoms with Crippen molar-refractivity contribution in [2.75, 3.05) is 0 Å². The summed E-state index contributed by atoms with van der Waals surface area (Å²) >= 11 is 0. The Morgan fingerprint density at radius 1 is 1.28 bits per heavy atom. The number of halogens is 1. The van der Waals surface area contributed by atoms with Crippen LogP contribution in [0, 0.1) is 17.7 Å². The summed E-state index contributed by atoms with van der Waals surface area (Å²) in [6.07, 6.45) is 3.51. The highest BCUT2D eigenvalue weighted by Gasteiger charge is 2.06. The number of rotatable bonds is 1. The van der Waals surface area contributed by atoms with Gasteiger partial charge >= 0.3 is 0 Å². The lowest BCUT2D eigenvalue weighted by molar-refractivity contribution is 0.598. The quantitative estimate of drug-likeness (QED) is 0.703. The first-order chi connectivity index (χ1) is 8.58. The fourth-order valence-electron chi connectivity index (χ4n) is 1.69. The minimum atomic E-state index is -0.198. The van der Waals surface area contributed by atoms with Crippen molar-refractivity contribution >= 4 is 0 Å². The predicted octanol–water partition coefficient (Wildman–Crippen LogP) is 3.08. The smallest absolute Gasteiger partial charge is 0.185 e. The average Bonchev–Trinajstić information content (AvgIpc) is 2.72. The Labute approximate surface area is 106 Å². The van der Waals surface area contributed by atoms with E-state index < -0.39 is 0 Å². The van der Waals surface area contributed by atoms with Crippen molar-refractivity contribution in [1.82, 2.24) is 9.55 Å². The van der Waals surface area contributed by atoms with Crippen molar-refractivity contribution in [2.24, 2.45) is 7.05 Å². The van der Waals surface area contributed by atoms with Crippen LogP contribution in [0.5, 0.6) is 0 Å². The minimum absolute atomic E-state index is 0.182. The largest absolute Gasteiger partial charge is 0.327 e. The number of nitrogens with zero attached hydrogens (tertiary/aromatic N) is 2. The lowest BCUT2D eigenvalue weighted by atomic mass is 10.0. The van der Waals surface area contributed by atoms with E-state index in [4.69, 9.17) is 0 Å². The van der Waals surface area contributed by atoms with Gasteiger partial charge in [-0.3, -0.25) is 0 Å². The molecule has 1 heterocycles. The summed E-state index contributed by atoms with van der Waals surface area (Å²) < 4.78 is 15.6. The molecule has 92 valence electrons. The van der Waals surface area contributed by atoms with Gasteiger partial charge in [0.15, 0.2) is 5.82 Å². The lowest BCUT2D eigenvalue weighted by Gasteiger charge is -2.06. The normalized spacial score (nSPS) is 10.3. The van der Waals surface area contributed by atoms with Crippen LogP contribution in [0.3, 0.4) is 0 Å². The van der Waals surface area contributed by atoms with Gasteiger partial charge in [0.05, 0.1) is 0 Å². The maximum atomic E-state index is 13.8. The third-order valence-corrected chi connectivity index (χ3v) is 2.76. The number of imidazole rings is 1. The Balaban J connectivity index is 2.29. The highest BCUT2D eigenvalue weighted by atomic mass is 19.1. The fraction of sp³-hybridized carbons (Fsp3) is 0.267. The molecule has 0 N–H and O–H groups in total. The van der Waals surface area contributed by atoms with Crippen LogP contribution >= 0.6 is 0 Å². The van der Waals surface area contributed by atoms with Crippen molar-refractivity contribution in [3.63, 3.8) is 0 Å². The molecule has 2 rings (SSSR count). The molecule has 3 heteroatoms. The maximum Gasteiger partial charge on any atom is 0.185 e. The molecule has 0 saturated carbocycles. The number of benzene rings is 1. The van der Waals surface area contributed by atoms with Gasteiger partial charge in [-0.15, -0.1) is 0 Å². The van der Waals surface area contributed by atoms with Gasteiger partial charge < -0.3 is 4.57 Å². The molecule has 0 unspecified atom stereocenters. The van der Waals surface area contributed by atoms with E-state index >= 15 is 0 Å². The summed E-state index contributed by atoms with van der Waals surface area (Å²) in [7, 11) is 1.87. The third kappa shape index (κ3) is 2.60. The molecule has 0 aliphatic rings. The van der Waals surface area contributed by atoms with Crippen LogP contribution in [-0.2, 0) is 7.05 Å². The van der Waals surface area contributed by atoms with Gasteiger partial charge in [-0.25, -0.2) is 9.37 Å². The Morgan fingerprint density at radius 2 is 2.06 bits per heavy atom. The topological polar surface area (TPSA) is 17.8 Å². The van der Waals surface area contributed by atoms with E-state index in [1.807, 2.05) is 37.7 Å². The maximum absolute atomic E-state index is 13.8. The number of aromatic nitrogens is 2. The predicted molar refractivity (Wildman–Crippen MR) is 69.7 cm³/mol. The number of hydrogen-bond acceptors (Lipinski definition) is 1. The zero-order valence-corrected chi connectivity index (χ0v) is 10.7. The molecule has 2 aromatic rings. The summed E-state index contributed by atoms with van der Waals surface area (Å²) in [5, 5.41) is 0. The molecular weight excluding hydrogens is 227 g/mol. The highest BCUT2D eigenvalue weighted by molar-refractivity contribution is 5.40. The van der Waals surface area contributed by atoms with E-state index in [9.17, 15) is 4.39 Å². The Morgan fingerprint density at radius 3 is 2.61 bits per heavy atom. The summed E-state index contributed by atoms with van der Waals surface area (Å²) in [5.41, 5.74) is 1.39. The molecule has 0 aliphatic carbocycles. The van der Waals surface area contributed by atoms with Gasteiger partial charge in [-0.2, -0.15) is 0 Å². The van der Waals surface area contributed by atoms with Crippen molar-refractivity contribution in [2.45, 2.75) is 19.8 Å². The molecular formula is C15H15FN2. The van der Waals surface area contributed by atoms with Crippen LogP contribution in [0.25, 0.3) is 0 Å². The average molecular weight is 242 g/mol. The molecule has 0 spiro atoms. The molecule has 0 aliphatic heterocycles. The Hall–Kier alpha value is -2.08. The summed E-state index contributed by atoms with van der Waals surface area (Å²) in [6.45, 7) is 3.94. The van der Waals surface area contributed by atoms with Gasteiger partial charge in [-0.05, 0) is 29.5 Å². The third-order valence-electron chi connectivity index (χ3n) is 2.76. The first-order valence-electron chi connectivity index (χ1n) is 5.86. The number of hydrogen-bond donors (Lipinski definition) is 0. The monoisotopic (exact) mass is 242 g/mol. The van der Waals surface area contributed by atoms with Crippen molar-refractivity contribution in [3.05, 3.63) is 53.4 Å². The second-order valence-electron chi connectivity index (χ2n) is 4.50. The van der Waals surface area contributed by atoms with E-state index in [-0.39, 0.29) is 11.7 Å². The van der Waals surface area contributed by atoms with Gasteiger partial charge in [0, 0.05) is 25.0 Å². The van der Waals surface area contributed by atoms with Crippen LogP contribution in [0.2, 0.25) is 0 Å².